The lowest BCUT2D eigenvalue weighted by Crippen LogP contribution is -2.49. The van der Waals surface area contributed by atoms with Crippen molar-refractivity contribution in [2.75, 3.05) is 45.9 Å². The summed E-state index contributed by atoms with van der Waals surface area (Å²) in [7, 11) is 0. The van der Waals surface area contributed by atoms with Gasteiger partial charge in [0.1, 0.15) is 12.4 Å². The molecule has 3 rings (SSSR count). The number of carbonyl (C=O) groups excluding carboxylic acids is 1. The molecule has 1 aliphatic rings. The first-order valence-electron chi connectivity index (χ1n) is 10.1. The smallest absolute Gasteiger partial charge is 0.372 e. The Bertz CT molecular complexity index is 888. The van der Waals surface area contributed by atoms with Crippen molar-refractivity contribution in [2.24, 2.45) is 0 Å². The molecule has 6 nitrogen and oxygen atoms in total. The van der Waals surface area contributed by atoms with Crippen LogP contribution in [0.5, 0.6) is 0 Å². The average molecular weight is 442 g/mol. The normalized spacial score (nSPS) is 15.5. The maximum atomic E-state index is 13.2. The Morgan fingerprint density at radius 1 is 1.10 bits per heavy atom. The van der Waals surface area contributed by atoms with E-state index in [0.717, 1.165) is 0 Å². The summed E-state index contributed by atoms with van der Waals surface area (Å²) in [5.41, 5.74) is 2.52. The van der Waals surface area contributed by atoms with Gasteiger partial charge in [0.15, 0.2) is 0 Å². The number of hydrogen-bond acceptors (Lipinski definition) is 4. The molecule has 1 fully saturated rings. The highest BCUT2D eigenvalue weighted by Crippen LogP contribution is 2.21. The zero-order chi connectivity index (χ0) is 22.6. The highest BCUT2D eigenvalue weighted by atomic mass is 19.4. The maximum absolute atomic E-state index is 13.2. The number of ether oxygens (including phenoxy) is 1. The van der Waals surface area contributed by atoms with Gasteiger partial charge in [-0.15, -0.1) is 0 Å². The van der Waals surface area contributed by atoms with Crippen molar-refractivity contribution in [1.82, 2.24) is 19.6 Å². The summed E-state index contributed by atoms with van der Waals surface area (Å²) >= 11 is 0. The number of aryl methyl sites for hydroxylation is 1. The fraction of sp³-hybridized carbons (Fsp3) is 0.524. The summed E-state index contributed by atoms with van der Waals surface area (Å²) in [6.45, 7) is 5.40. The molecule has 1 amide bonds. The third-order valence-electron chi connectivity index (χ3n) is 5.26. The topological polar surface area (TPSA) is 50.6 Å². The van der Waals surface area contributed by atoms with Crippen molar-refractivity contribution >= 4 is 5.91 Å². The molecule has 1 aromatic carbocycles. The predicted octanol–water partition coefficient (Wildman–Crippen LogP) is 3.36. The van der Waals surface area contributed by atoms with E-state index in [1.54, 1.807) is 28.6 Å². The number of halogens is 4. The Morgan fingerprint density at radius 2 is 1.74 bits per heavy atom. The molecule has 31 heavy (non-hydrogen) atoms. The second kappa shape index (κ2) is 9.78. The van der Waals surface area contributed by atoms with Gasteiger partial charge in [-0.3, -0.25) is 9.69 Å². The zero-order valence-electron chi connectivity index (χ0n) is 17.6. The Hall–Kier alpha value is -2.46. The molecule has 1 saturated heterocycles. The minimum Gasteiger partial charge on any atom is -0.372 e. The van der Waals surface area contributed by atoms with Crippen molar-refractivity contribution in [1.29, 1.82) is 0 Å². The van der Waals surface area contributed by atoms with E-state index < -0.39 is 12.8 Å². The molecule has 1 aromatic heterocycles. The minimum absolute atomic E-state index is 0.0552. The van der Waals surface area contributed by atoms with E-state index in [-0.39, 0.29) is 18.3 Å². The Kier molecular flexibility index (Phi) is 7.32. The second-order valence-electron chi connectivity index (χ2n) is 7.59. The number of aromatic nitrogens is 2. The fourth-order valence-electron chi connectivity index (χ4n) is 3.70. The van der Waals surface area contributed by atoms with Gasteiger partial charge in [-0.25, -0.2) is 9.07 Å². The van der Waals surface area contributed by atoms with Crippen LogP contribution >= 0.6 is 0 Å². The van der Waals surface area contributed by atoms with Gasteiger partial charge >= 0.3 is 6.18 Å². The van der Waals surface area contributed by atoms with E-state index in [2.05, 4.69) is 14.7 Å². The third-order valence-corrected chi connectivity index (χ3v) is 5.26. The molecule has 0 radical (unpaired) electrons. The molecule has 0 spiro atoms. The van der Waals surface area contributed by atoms with Crippen molar-refractivity contribution in [3.8, 4) is 5.69 Å². The van der Waals surface area contributed by atoms with Gasteiger partial charge in [-0.1, -0.05) is 0 Å². The van der Waals surface area contributed by atoms with Gasteiger partial charge in [-0.05, 0) is 44.5 Å². The third kappa shape index (κ3) is 6.04. The van der Waals surface area contributed by atoms with E-state index in [9.17, 15) is 22.4 Å². The summed E-state index contributed by atoms with van der Waals surface area (Å²) < 4.78 is 55.7. The predicted molar refractivity (Wildman–Crippen MR) is 107 cm³/mol. The van der Waals surface area contributed by atoms with Crippen LogP contribution in [0.3, 0.4) is 0 Å². The van der Waals surface area contributed by atoms with E-state index in [0.29, 0.717) is 61.8 Å². The van der Waals surface area contributed by atoms with Gasteiger partial charge in [0.2, 0.25) is 0 Å². The number of piperazine rings is 1. The van der Waals surface area contributed by atoms with Crippen LogP contribution in [0.4, 0.5) is 17.6 Å². The first-order valence-corrected chi connectivity index (χ1v) is 10.1. The van der Waals surface area contributed by atoms with Crippen LogP contribution in [-0.4, -0.2) is 77.6 Å². The molecule has 1 aliphatic heterocycles. The van der Waals surface area contributed by atoms with Crippen LogP contribution < -0.4 is 0 Å². The molecule has 0 atom stereocenters. The highest BCUT2D eigenvalue weighted by Gasteiger charge is 2.28. The van der Waals surface area contributed by atoms with Crippen molar-refractivity contribution in [3.05, 3.63) is 47.0 Å². The summed E-state index contributed by atoms with van der Waals surface area (Å²) in [4.78, 5) is 17.0. The largest absolute Gasteiger partial charge is 0.411 e. The lowest BCUT2D eigenvalue weighted by molar-refractivity contribution is -0.174. The van der Waals surface area contributed by atoms with E-state index in [4.69, 9.17) is 0 Å². The molecule has 10 heteroatoms. The molecular weight excluding hydrogens is 416 g/mol. The fourth-order valence-corrected chi connectivity index (χ4v) is 3.70. The molecule has 2 heterocycles. The van der Waals surface area contributed by atoms with Crippen LogP contribution in [0.15, 0.2) is 24.3 Å². The highest BCUT2D eigenvalue weighted by molar-refractivity contribution is 5.96. The van der Waals surface area contributed by atoms with Crippen LogP contribution in [0.1, 0.15) is 28.2 Å². The van der Waals surface area contributed by atoms with Gasteiger partial charge < -0.3 is 9.64 Å². The standard InChI is InChI=1S/C21H26F4N4O2/c1-15-19(16(2)29(26-15)18-6-4-17(22)5-7-18)20(30)28-11-9-27(10-12-28)8-3-13-31-14-21(23,24)25/h4-7H,3,8-14H2,1-2H3. The Morgan fingerprint density at radius 3 is 2.35 bits per heavy atom. The molecule has 0 saturated carbocycles. The molecule has 0 bridgehead atoms. The SMILES string of the molecule is Cc1nn(-c2ccc(F)cc2)c(C)c1C(=O)N1CCN(CCCOCC(F)(F)F)CC1. The van der Waals surface area contributed by atoms with Gasteiger partial charge in [0.25, 0.3) is 5.91 Å². The van der Waals surface area contributed by atoms with Crippen LogP contribution in [-0.2, 0) is 4.74 Å². The molecule has 0 unspecified atom stereocenters. The summed E-state index contributed by atoms with van der Waals surface area (Å²) in [6, 6.07) is 5.92. The minimum atomic E-state index is -4.30. The van der Waals surface area contributed by atoms with Crippen molar-refractivity contribution in [3.63, 3.8) is 0 Å². The number of benzene rings is 1. The lowest BCUT2D eigenvalue weighted by atomic mass is 10.1. The second-order valence-corrected chi connectivity index (χ2v) is 7.59. The summed E-state index contributed by atoms with van der Waals surface area (Å²) in [6.07, 6.45) is -3.79. The molecule has 0 N–H and O–H groups in total. The Balaban J connectivity index is 1.53. The first kappa shape index (κ1) is 23.2. The lowest BCUT2D eigenvalue weighted by Gasteiger charge is -2.34. The maximum Gasteiger partial charge on any atom is 0.411 e. The summed E-state index contributed by atoms with van der Waals surface area (Å²) in [5, 5.41) is 4.46. The number of nitrogens with zero attached hydrogens (tertiary/aromatic N) is 4. The quantitative estimate of drug-likeness (QED) is 0.488. The van der Waals surface area contributed by atoms with Gasteiger partial charge in [0.05, 0.1) is 22.6 Å². The molecule has 0 aliphatic carbocycles. The van der Waals surface area contributed by atoms with Crippen LogP contribution in [0, 0.1) is 19.7 Å². The monoisotopic (exact) mass is 442 g/mol. The molecule has 170 valence electrons. The van der Waals surface area contributed by atoms with E-state index in [1.165, 1.54) is 12.1 Å². The van der Waals surface area contributed by atoms with Crippen molar-refractivity contribution < 1.29 is 27.1 Å². The average Bonchev–Trinajstić information content (AvgIpc) is 3.01. The van der Waals surface area contributed by atoms with Crippen molar-refractivity contribution in [2.45, 2.75) is 26.4 Å². The van der Waals surface area contributed by atoms with Crippen LogP contribution in [0.2, 0.25) is 0 Å². The van der Waals surface area contributed by atoms with Crippen LogP contribution in [0.25, 0.3) is 5.69 Å². The summed E-state index contributed by atoms with van der Waals surface area (Å²) in [5.74, 6) is -0.442. The number of hydrogen-bond donors (Lipinski definition) is 0. The molecule has 2 aromatic rings. The number of alkyl halides is 3. The molecular formula is C21H26F4N4O2. The van der Waals surface area contributed by atoms with Gasteiger partial charge in [-0.2, -0.15) is 18.3 Å². The Labute approximate surface area is 178 Å². The zero-order valence-corrected chi connectivity index (χ0v) is 17.6. The number of carbonyl (C=O) groups is 1. The van der Waals surface area contributed by atoms with Gasteiger partial charge in [0, 0.05) is 39.3 Å². The first-order chi connectivity index (χ1) is 14.7. The number of rotatable bonds is 7. The van der Waals surface area contributed by atoms with E-state index in [1.807, 2.05) is 6.92 Å². The van der Waals surface area contributed by atoms with E-state index >= 15 is 0 Å². The number of amides is 1.